The fraction of sp³-hybridized carbons (Fsp3) is 0.250. The molecule has 0 atom stereocenters. The molecule has 0 N–H and O–H groups in total. The van der Waals surface area contributed by atoms with Crippen molar-refractivity contribution in [1.29, 1.82) is 0 Å². The number of allylic oxidation sites excluding steroid dienone is 1. The lowest BCUT2D eigenvalue weighted by atomic mass is 10.3. The number of halogens is 2. The Labute approximate surface area is 84.0 Å². The van der Waals surface area contributed by atoms with Crippen LogP contribution >= 0.6 is 38.9 Å². The summed E-state index contributed by atoms with van der Waals surface area (Å²) in [5.41, 5.74) is 0. The standard InChI is InChI=1S/C8H8BrClS/c9-5-2-1-3-8-7(10)4-6-11-8/h1,3-4,6H,2,5H2/b3-1+. The normalized spacial score (nSPS) is 11.1. The highest BCUT2D eigenvalue weighted by molar-refractivity contribution is 9.09. The Balaban J connectivity index is 2.56. The van der Waals surface area contributed by atoms with Gasteiger partial charge in [-0.15, -0.1) is 11.3 Å². The third-order valence-corrected chi connectivity index (χ3v) is 2.97. The van der Waals surface area contributed by atoms with Crippen LogP contribution in [0.3, 0.4) is 0 Å². The van der Waals surface area contributed by atoms with Crippen molar-refractivity contribution in [3.8, 4) is 0 Å². The molecule has 3 heteroatoms. The first-order valence-corrected chi connectivity index (χ1v) is 5.68. The number of hydrogen-bond donors (Lipinski definition) is 0. The van der Waals surface area contributed by atoms with Crippen LogP contribution in [-0.2, 0) is 0 Å². The summed E-state index contributed by atoms with van der Waals surface area (Å²) in [5, 5.41) is 3.85. The summed E-state index contributed by atoms with van der Waals surface area (Å²) in [7, 11) is 0. The van der Waals surface area contributed by atoms with Crippen molar-refractivity contribution in [1.82, 2.24) is 0 Å². The van der Waals surface area contributed by atoms with Crippen LogP contribution in [0.15, 0.2) is 17.5 Å². The van der Waals surface area contributed by atoms with E-state index in [4.69, 9.17) is 11.6 Å². The highest BCUT2D eigenvalue weighted by Gasteiger charge is 1.94. The number of alkyl halides is 1. The Morgan fingerprint density at radius 2 is 2.45 bits per heavy atom. The third kappa shape index (κ3) is 2.97. The van der Waals surface area contributed by atoms with E-state index in [0.29, 0.717) is 0 Å². The second kappa shape index (κ2) is 4.96. The lowest BCUT2D eigenvalue weighted by Gasteiger charge is -1.86. The minimum absolute atomic E-state index is 0.848. The first kappa shape index (κ1) is 9.30. The molecule has 0 aliphatic rings. The van der Waals surface area contributed by atoms with E-state index in [-0.39, 0.29) is 0 Å². The van der Waals surface area contributed by atoms with Gasteiger partial charge in [0.1, 0.15) is 0 Å². The zero-order valence-corrected chi connectivity index (χ0v) is 9.05. The van der Waals surface area contributed by atoms with Crippen molar-refractivity contribution in [3.05, 3.63) is 27.4 Å². The van der Waals surface area contributed by atoms with E-state index in [0.717, 1.165) is 21.7 Å². The molecule has 0 aromatic carbocycles. The van der Waals surface area contributed by atoms with Crippen molar-refractivity contribution in [2.24, 2.45) is 0 Å². The van der Waals surface area contributed by atoms with Gasteiger partial charge in [0.2, 0.25) is 0 Å². The Kier molecular flexibility index (Phi) is 4.20. The second-order valence-electron chi connectivity index (χ2n) is 2.01. The summed E-state index contributed by atoms with van der Waals surface area (Å²) in [4.78, 5) is 1.15. The van der Waals surface area contributed by atoms with E-state index in [1.165, 1.54) is 0 Å². The van der Waals surface area contributed by atoms with Crippen LogP contribution in [0.2, 0.25) is 5.02 Å². The zero-order valence-electron chi connectivity index (χ0n) is 5.89. The molecule has 0 spiro atoms. The molecule has 1 aromatic rings. The molecule has 0 fully saturated rings. The summed E-state index contributed by atoms with van der Waals surface area (Å²) in [6.07, 6.45) is 5.23. The summed E-state index contributed by atoms with van der Waals surface area (Å²) in [6, 6.07) is 1.92. The molecule has 0 bridgehead atoms. The highest BCUT2D eigenvalue weighted by Crippen LogP contribution is 2.23. The highest BCUT2D eigenvalue weighted by atomic mass is 79.9. The lowest BCUT2D eigenvalue weighted by Crippen LogP contribution is -1.65. The van der Waals surface area contributed by atoms with Gasteiger partial charge in [-0.2, -0.15) is 0 Å². The molecule has 0 saturated carbocycles. The smallest absolute Gasteiger partial charge is 0.0585 e. The summed E-state index contributed by atoms with van der Waals surface area (Å²) < 4.78 is 0. The SMILES string of the molecule is Clc1ccsc1/C=C/CCBr. The Morgan fingerprint density at radius 3 is 3.00 bits per heavy atom. The van der Waals surface area contributed by atoms with Crippen LogP contribution in [-0.4, -0.2) is 5.33 Å². The van der Waals surface area contributed by atoms with Crippen LogP contribution in [0.5, 0.6) is 0 Å². The maximum Gasteiger partial charge on any atom is 0.0585 e. The topological polar surface area (TPSA) is 0 Å². The van der Waals surface area contributed by atoms with Gasteiger partial charge in [0, 0.05) is 10.2 Å². The van der Waals surface area contributed by atoms with Gasteiger partial charge in [0.05, 0.1) is 5.02 Å². The van der Waals surface area contributed by atoms with Gasteiger partial charge >= 0.3 is 0 Å². The lowest BCUT2D eigenvalue weighted by molar-refractivity contribution is 1.27. The molecule has 0 saturated heterocycles. The van der Waals surface area contributed by atoms with Gasteiger partial charge in [-0.05, 0) is 23.9 Å². The summed E-state index contributed by atoms with van der Waals surface area (Å²) >= 11 is 10.9. The van der Waals surface area contributed by atoms with E-state index in [1.54, 1.807) is 11.3 Å². The van der Waals surface area contributed by atoms with Gasteiger partial charge in [0.25, 0.3) is 0 Å². The van der Waals surface area contributed by atoms with Crippen LogP contribution in [0.4, 0.5) is 0 Å². The molecule has 1 aromatic heterocycles. The second-order valence-corrected chi connectivity index (χ2v) is 4.16. The zero-order chi connectivity index (χ0) is 8.10. The molecule has 0 aliphatic heterocycles. The summed E-state index contributed by atoms with van der Waals surface area (Å²) in [6.45, 7) is 0. The number of thiophene rings is 1. The van der Waals surface area contributed by atoms with Gasteiger partial charge in [0.15, 0.2) is 0 Å². The first-order valence-electron chi connectivity index (χ1n) is 3.30. The molecular weight excluding hydrogens is 244 g/mol. The monoisotopic (exact) mass is 250 g/mol. The van der Waals surface area contributed by atoms with Crippen molar-refractivity contribution in [2.45, 2.75) is 6.42 Å². The molecule has 0 unspecified atom stereocenters. The molecule has 0 amide bonds. The molecule has 1 rings (SSSR count). The Hall–Kier alpha value is 0.210. The minimum Gasteiger partial charge on any atom is -0.143 e. The van der Waals surface area contributed by atoms with E-state index in [9.17, 15) is 0 Å². The van der Waals surface area contributed by atoms with Crippen LogP contribution in [0.25, 0.3) is 6.08 Å². The van der Waals surface area contributed by atoms with E-state index in [1.807, 2.05) is 11.4 Å². The van der Waals surface area contributed by atoms with Crippen molar-refractivity contribution < 1.29 is 0 Å². The molecule has 0 radical (unpaired) electrons. The Morgan fingerprint density at radius 1 is 1.64 bits per heavy atom. The number of rotatable bonds is 3. The van der Waals surface area contributed by atoms with Gasteiger partial charge in [-0.3, -0.25) is 0 Å². The average Bonchev–Trinajstić information content (AvgIpc) is 2.37. The predicted octanol–water partition coefficient (Wildman–Crippen LogP) is 4.20. The maximum atomic E-state index is 5.87. The van der Waals surface area contributed by atoms with E-state index < -0.39 is 0 Å². The molecular formula is C8H8BrClS. The summed E-state index contributed by atoms with van der Waals surface area (Å²) in [5.74, 6) is 0. The fourth-order valence-electron chi connectivity index (χ4n) is 0.678. The molecule has 60 valence electrons. The quantitative estimate of drug-likeness (QED) is 0.706. The predicted molar refractivity (Wildman–Crippen MR) is 56.8 cm³/mol. The van der Waals surface area contributed by atoms with Gasteiger partial charge < -0.3 is 0 Å². The van der Waals surface area contributed by atoms with Crippen LogP contribution in [0.1, 0.15) is 11.3 Å². The van der Waals surface area contributed by atoms with E-state index >= 15 is 0 Å². The maximum absolute atomic E-state index is 5.87. The Bertz CT molecular complexity index is 242. The largest absolute Gasteiger partial charge is 0.143 e. The van der Waals surface area contributed by atoms with E-state index in [2.05, 4.69) is 28.1 Å². The van der Waals surface area contributed by atoms with Gasteiger partial charge in [-0.25, -0.2) is 0 Å². The van der Waals surface area contributed by atoms with Crippen molar-refractivity contribution >= 4 is 44.9 Å². The van der Waals surface area contributed by atoms with Crippen LogP contribution in [0, 0.1) is 0 Å². The molecule has 11 heavy (non-hydrogen) atoms. The molecule has 0 aliphatic carbocycles. The third-order valence-electron chi connectivity index (χ3n) is 1.19. The number of hydrogen-bond acceptors (Lipinski definition) is 1. The minimum atomic E-state index is 0.848. The molecule has 1 heterocycles. The average molecular weight is 252 g/mol. The van der Waals surface area contributed by atoms with Crippen molar-refractivity contribution in [2.75, 3.05) is 5.33 Å². The first-order chi connectivity index (χ1) is 5.34. The molecule has 0 nitrogen and oxygen atoms in total. The van der Waals surface area contributed by atoms with Gasteiger partial charge in [-0.1, -0.05) is 33.6 Å². The fourth-order valence-corrected chi connectivity index (χ4v) is 1.98. The van der Waals surface area contributed by atoms with Crippen molar-refractivity contribution in [3.63, 3.8) is 0 Å². The van der Waals surface area contributed by atoms with Crippen LogP contribution < -0.4 is 0 Å².